The van der Waals surface area contributed by atoms with E-state index in [1.807, 2.05) is 19.2 Å². The van der Waals surface area contributed by atoms with Gasteiger partial charge in [-0.15, -0.1) is 0 Å². The molecule has 5 heteroatoms. The van der Waals surface area contributed by atoms with Crippen molar-refractivity contribution in [3.63, 3.8) is 0 Å². The monoisotopic (exact) mass is 248 g/mol. The number of hydrogen-bond acceptors (Lipinski definition) is 4. The van der Waals surface area contributed by atoms with Crippen molar-refractivity contribution in [2.24, 2.45) is 5.41 Å². The fourth-order valence-corrected chi connectivity index (χ4v) is 2.21. The molecule has 1 aromatic rings. The fraction of sp³-hybridized carbons (Fsp3) is 0.462. The number of carbonyl (C=O) groups excluding carboxylic acids is 1. The molecule has 3 rings (SSSR count). The normalized spacial score (nSPS) is 18.5. The van der Waals surface area contributed by atoms with Crippen molar-refractivity contribution in [1.82, 2.24) is 5.32 Å². The van der Waals surface area contributed by atoms with Gasteiger partial charge in [0.2, 0.25) is 12.7 Å². The molecule has 5 nitrogen and oxygen atoms in total. The molecular formula is C13H16N2O3. The van der Waals surface area contributed by atoms with Gasteiger partial charge in [0.05, 0.1) is 5.41 Å². The maximum absolute atomic E-state index is 12.2. The quantitative estimate of drug-likeness (QED) is 0.844. The Bertz CT molecular complexity index is 483. The van der Waals surface area contributed by atoms with Crippen LogP contribution in [0, 0.1) is 5.41 Å². The molecule has 1 saturated carbocycles. The van der Waals surface area contributed by atoms with Gasteiger partial charge in [0.25, 0.3) is 0 Å². The lowest BCUT2D eigenvalue weighted by Crippen LogP contribution is -2.32. The average Bonchev–Trinajstić information content (AvgIpc) is 3.00. The van der Waals surface area contributed by atoms with Crippen LogP contribution in [-0.2, 0) is 4.79 Å². The van der Waals surface area contributed by atoms with Crippen LogP contribution in [0.4, 0.5) is 5.69 Å². The molecule has 0 aromatic heterocycles. The lowest BCUT2D eigenvalue weighted by atomic mass is 10.1. The van der Waals surface area contributed by atoms with Gasteiger partial charge in [0.1, 0.15) is 0 Å². The molecule has 2 N–H and O–H groups in total. The first-order valence-corrected chi connectivity index (χ1v) is 6.09. The minimum Gasteiger partial charge on any atom is -0.454 e. The summed E-state index contributed by atoms with van der Waals surface area (Å²) >= 11 is 0. The van der Waals surface area contributed by atoms with Crippen LogP contribution >= 0.6 is 0 Å². The highest BCUT2D eigenvalue weighted by molar-refractivity contribution is 5.97. The third-order valence-electron chi connectivity index (χ3n) is 3.48. The van der Waals surface area contributed by atoms with E-state index < -0.39 is 0 Å². The third kappa shape index (κ3) is 1.90. The van der Waals surface area contributed by atoms with Crippen molar-refractivity contribution in [2.45, 2.75) is 12.8 Å². The van der Waals surface area contributed by atoms with Gasteiger partial charge in [-0.05, 0) is 32.0 Å². The lowest BCUT2D eigenvalue weighted by molar-refractivity contribution is -0.120. The van der Waals surface area contributed by atoms with Crippen molar-refractivity contribution in [1.29, 1.82) is 0 Å². The molecule has 0 radical (unpaired) electrons. The number of benzene rings is 1. The van der Waals surface area contributed by atoms with E-state index in [0.717, 1.165) is 30.8 Å². The first-order chi connectivity index (χ1) is 8.73. The fourth-order valence-electron chi connectivity index (χ4n) is 2.21. The van der Waals surface area contributed by atoms with Crippen LogP contribution < -0.4 is 20.1 Å². The Hall–Kier alpha value is -1.75. The third-order valence-corrected chi connectivity index (χ3v) is 3.48. The Morgan fingerprint density at radius 1 is 1.33 bits per heavy atom. The van der Waals surface area contributed by atoms with Gasteiger partial charge < -0.3 is 20.1 Å². The summed E-state index contributed by atoms with van der Waals surface area (Å²) in [7, 11) is 1.87. The lowest BCUT2D eigenvalue weighted by Gasteiger charge is -2.14. The molecule has 1 amide bonds. The molecule has 0 bridgehead atoms. The summed E-state index contributed by atoms with van der Waals surface area (Å²) in [5, 5.41) is 6.02. The topological polar surface area (TPSA) is 59.6 Å². The van der Waals surface area contributed by atoms with Gasteiger partial charge in [-0.3, -0.25) is 4.79 Å². The SMILES string of the molecule is CNCC1(C(=O)Nc2ccc3c(c2)OCO3)CC1. The number of hydrogen-bond donors (Lipinski definition) is 2. The number of fused-ring (bicyclic) bond motifs is 1. The van der Waals surface area contributed by atoms with E-state index in [1.165, 1.54) is 0 Å². The van der Waals surface area contributed by atoms with Crippen LogP contribution in [0.15, 0.2) is 18.2 Å². The molecule has 1 fully saturated rings. The molecule has 18 heavy (non-hydrogen) atoms. The van der Waals surface area contributed by atoms with Crippen molar-refractivity contribution in [3.8, 4) is 11.5 Å². The Morgan fingerprint density at radius 2 is 2.11 bits per heavy atom. The smallest absolute Gasteiger partial charge is 0.231 e. The van der Waals surface area contributed by atoms with E-state index in [2.05, 4.69) is 10.6 Å². The summed E-state index contributed by atoms with van der Waals surface area (Å²) < 4.78 is 10.5. The molecule has 0 atom stereocenters. The van der Waals surface area contributed by atoms with Crippen molar-refractivity contribution >= 4 is 11.6 Å². The highest BCUT2D eigenvalue weighted by Crippen LogP contribution is 2.46. The number of amides is 1. The maximum atomic E-state index is 12.2. The van der Waals surface area contributed by atoms with Gasteiger partial charge in [0, 0.05) is 18.3 Å². The van der Waals surface area contributed by atoms with Crippen LogP contribution in [0.1, 0.15) is 12.8 Å². The number of carbonyl (C=O) groups is 1. The molecule has 0 spiro atoms. The van der Waals surface area contributed by atoms with Gasteiger partial charge in [-0.25, -0.2) is 0 Å². The standard InChI is InChI=1S/C13H16N2O3/c1-14-7-13(4-5-13)12(16)15-9-2-3-10-11(6-9)18-8-17-10/h2-3,6,14H,4-5,7-8H2,1H3,(H,15,16). The molecule has 2 aliphatic rings. The highest BCUT2D eigenvalue weighted by atomic mass is 16.7. The number of ether oxygens (including phenoxy) is 2. The van der Waals surface area contributed by atoms with Crippen LogP contribution in [0.2, 0.25) is 0 Å². The zero-order chi connectivity index (χ0) is 12.6. The summed E-state index contributed by atoms with van der Waals surface area (Å²) in [6.07, 6.45) is 1.90. The Balaban J connectivity index is 1.71. The highest BCUT2D eigenvalue weighted by Gasteiger charge is 2.49. The summed E-state index contributed by atoms with van der Waals surface area (Å²) in [6, 6.07) is 5.45. The maximum Gasteiger partial charge on any atom is 0.231 e. The van der Waals surface area contributed by atoms with E-state index in [9.17, 15) is 4.79 Å². The second-order valence-corrected chi connectivity index (χ2v) is 4.83. The van der Waals surface area contributed by atoms with Crippen LogP contribution in [0.25, 0.3) is 0 Å². The predicted molar refractivity (Wildman–Crippen MR) is 66.8 cm³/mol. The summed E-state index contributed by atoms with van der Waals surface area (Å²) in [4.78, 5) is 12.2. The molecular weight excluding hydrogens is 232 g/mol. The predicted octanol–water partition coefficient (Wildman–Crippen LogP) is 1.35. The zero-order valence-electron chi connectivity index (χ0n) is 10.3. The van der Waals surface area contributed by atoms with E-state index in [4.69, 9.17) is 9.47 Å². The van der Waals surface area contributed by atoms with Gasteiger partial charge in [0.15, 0.2) is 11.5 Å². The van der Waals surface area contributed by atoms with Crippen molar-refractivity contribution < 1.29 is 14.3 Å². The molecule has 1 aliphatic carbocycles. The summed E-state index contributed by atoms with van der Waals surface area (Å²) in [5.74, 6) is 1.49. The summed E-state index contributed by atoms with van der Waals surface area (Å²) in [5.41, 5.74) is 0.539. The zero-order valence-corrected chi connectivity index (χ0v) is 10.3. The average molecular weight is 248 g/mol. The van der Waals surface area contributed by atoms with Crippen LogP contribution in [0.5, 0.6) is 11.5 Å². The molecule has 0 unspecified atom stereocenters. The van der Waals surface area contributed by atoms with E-state index in [0.29, 0.717) is 5.75 Å². The second kappa shape index (κ2) is 4.17. The first-order valence-electron chi connectivity index (χ1n) is 6.09. The number of rotatable bonds is 4. The summed E-state index contributed by atoms with van der Waals surface area (Å²) in [6.45, 7) is 0.972. The Labute approximate surface area is 105 Å². The van der Waals surface area contributed by atoms with Gasteiger partial charge >= 0.3 is 0 Å². The Morgan fingerprint density at radius 3 is 2.83 bits per heavy atom. The molecule has 1 aromatic carbocycles. The minimum absolute atomic E-state index is 0.0794. The van der Waals surface area contributed by atoms with Crippen molar-refractivity contribution in [2.75, 3.05) is 25.7 Å². The van der Waals surface area contributed by atoms with Crippen LogP contribution in [0.3, 0.4) is 0 Å². The molecule has 96 valence electrons. The van der Waals surface area contributed by atoms with Crippen molar-refractivity contribution in [3.05, 3.63) is 18.2 Å². The van der Waals surface area contributed by atoms with E-state index in [-0.39, 0.29) is 18.1 Å². The van der Waals surface area contributed by atoms with E-state index >= 15 is 0 Å². The second-order valence-electron chi connectivity index (χ2n) is 4.83. The molecule has 1 heterocycles. The van der Waals surface area contributed by atoms with E-state index in [1.54, 1.807) is 6.07 Å². The Kier molecular flexibility index (Phi) is 2.63. The minimum atomic E-state index is -0.217. The first kappa shape index (κ1) is 11.3. The van der Waals surface area contributed by atoms with Gasteiger partial charge in [-0.1, -0.05) is 0 Å². The van der Waals surface area contributed by atoms with Gasteiger partial charge in [-0.2, -0.15) is 0 Å². The number of nitrogens with one attached hydrogen (secondary N) is 2. The largest absolute Gasteiger partial charge is 0.454 e. The molecule has 0 saturated heterocycles. The number of anilines is 1. The van der Waals surface area contributed by atoms with Crippen LogP contribution in [-0.4, -0.2) is 26.3 Å². The molecule has 1 aliphatic heterocycles.